The van der Waals surface area contributed by atoms with Crippen LogP contribution in [0.1, 0.15) is 43.0 Å². The van der Waals surface area contributed by atoms with E-state index in [0.717, 1.165) is 6.42 Å². The molecule has 0 unspecified atom stereocenters. The molecule has 0 radical (unpaired) electrons. The minimum atomic E-state index is 0.0157. The molecule has 0 fully saturated rings. The average Bonchev–Trinajstić information content (AvgIpc) is 3.06. The van der Waals surface area contributed by atoms with E-state index in [4.69, 9.17) is 0 Å². The van der Waals surface area contributed by atoms with Gasteiger partial charge in [0.25, 0.3) is 0 Å². The maximum absolute atomic E-state index is 3.69. The normalized spacial score (nSPS) is 13.3. The van der Waals surface area contributed by atoms with Gasteiger partial charge in [-0.3, -0.25) is 0 Å². The van der Waals surface area contributed by atoms with Gasteiger partial charge in [-0.1, -0.05) is 66.2 Å². The Morgan fingerprint density at radius 1 is 0.778 bits per heavy atom. The van der Waals surface area contributed by atoms with Crippen LogP contribution in [-0.4, -0.2) is 5.54 Å². The van der Waals surface area contributed by atoms with Gasteiger partial charge >= 0.3 is 0 Å². The molecule has 0 spiro atoms. The number of hydrogen-bond donors (Lipinski definition) is 1. The van der Waals surface area contributed by atoms with Crippen molar-refractivity contribution in [1.82, 2.24) is 0 Å². The summed E-state index contributed by atoms with van der Waals surface area (Å²) in [6.45, 7) is 8.79. The maximum Gasteiger partial charge on any atom is 0.0424 e. The first-order valence-electron chi connectivity index (χ1n) is 9.68. The highest BCUT2D eigenvalue weighted by Crippen LogP contribution is 2.39. The summed E-state index contributed by atoms with van der Waals surface area (Å²) in [7, 11) is 0. The number of nitrogens with one attached hydrogen (secondary N) is 1. The molecule has 0 amide bonds. The quantitative estimate of drug-likeness (QED) is 0.536. The first-order chi connectivity index (χ1) is 12.9. The van der Waals surface area contributed by atoms with Crippen molar-refractivity contribution in [3.8, 4) is 11.1 Å². The first kappa shape index (κ1) is 17.6. The van der Waals surface area contributed by atoms with E-state index in [9.17, 15) is 0 Å². The van der Waals surface area contributed by atoms with Crippen LogP contribution in [0.3, 0.4) is 0 Å². The second kappa shape index (κ2) is 6.74. The zero-order chi connectivity index (χ0) is 19.0. The molecule has 0 bridgehead atoms. The zero-order valence-electron chi connectivity index (χ0n) is 16.6. The lowest BCUT2D eigenvalue weighted by Crippen LogP contribution is -2.26. The Kier molecular flexibility index (Phi) is 4.39. The first-order valence-corrected chi connectivity index (χ1v) is 9.68. The van der Waals surface area contributed by atoms with Crippen molar-refractivity contribution in [2.75, 3.05) is 5.32 Å². The van der Waals surface area contributed by atoms with Crippen LogP contribution < -0.4 is 5.32 Å². The van der Waals surface area contributed by atoms with Crippen molar-refractivity contribution in [2.24, 2.45) is 0 Å². The van der Waals surface area contributed by atoms with Crippen LogP contribution >= 0.6 is 0 Å². The minimum absolute atomic E-state index is 0.0157. The van der Waals surface area contributed by atoms with Gasteiger partial charge in [0, 0.05) is 16.8 Å². The van der Waals surface area contributed by atoms with Crippen LogP contribution in [0.4, 0.5) is 5.69 Å². The van der Waals surface area contributed by atoms with E-state index in [1.807, 2.05) is 0 Å². The lowest BCUT2D eigenvalue weighted by atomic mass is 9.91. The van der Waals surface area contributed by atoms with E-state index in [2.05, 4.69) is 106 Å². The molecule has 4 rings (SSSR count). The zero-order valence-corrected chi connectivity index (χ0v) is 16.6. The lowest BCUT2D eigenvalue weighted by Gasteiger charge is -2.25. The Labute approximate surface area is 162 Å². The molecule has 0 aliphatic heterocycles. The number of benzene rings is 3. The van der Waals surface area contributed by atoms with Gasteiger partial charge in [0.15, 0.2) is 0 Å². The minimum Gasteiger partial charge on any atom is -0.380 e. The summed E-state index contributed by atoms with van der Waals surface area (Å²) in [5.74, 6) is 0. The molecule has 1 heteroatoms. The van der Waals surface area contributed by atoms with Crippen molar-refractivity contribution in [1.29, 1.82) is 0 Å². The van der Waals surface area contributed by atoms with Gasteiger partial charge in [-0.05, 0) is 74.1 Å². The Balaban J connectivity index is 1.83. The third kappa shape index (κ3) is 3.68. The highest BCUT2D eigenvalue weighted by molar-refractivity contribution is 5.95. The average molecular weight is 354 g/mol. The number of anilines is 1. The summed E-state index contributed by atoms with van der Waals surface area (Å²) in [5.41, 5.74) is 10.6. The molecule has 3 aromatic carbocycles. The van der Waals surface area contributed by atoms with E-state index >= 15 is 0 Å². The van der Waals surface area contributed by atoms with Gasteiger partial charge in [-0.15, -0.1) is 0 Å². The largest absolute Gasteiger partial charge is 0.380 e. The van der Waals surface area contributed by atoms with Gasteiger partial charge in [0.2, 0.25) is 0 Å². The predicted octanol–water partition coefficient (Wildman–Crippen LogP) is 6.97. The van der Waals surface area contributed by atoms with Crippen LogP contribution in [0, 0.1) is 6.92 Å². The highest BCUT2D eigenvalue weighted by Gasteiger charge is 2.19. The standard InChI is InChI=1S/C26H27N/c1-18-13-14-25(27-26(2,3)4)24(15-18)23-12-8-7-11-22(23)21-16-19-9-5-6-10-20(19)17-21/h5-16,27H,17H2,1-4H3. The Morgan fingerprint density at radius 3 is 2.22 bits per heavy atom. The Morgan fingerprint density at radius 2 is 1.48 bits per heavy atom. The third-order valence-electron chi connectivity index (χ3n) is 5.01. The van der Waals surface area contributed by atoms with Crippen LogP contribution in [0.2, 0.25) is 0 Å². The summed E-state index contributed by atoms with van der Waals surface area (Å²) >= 11 is 0. The van der Waals surface area contributed by atoms with Gasteiger partial charge in [-0.2, -0.15) is 0 Å². The maximum atomic E-state index is 3.69. The summed E-state index contributed by atoms with van der Waals surface area (Å²) in [6, 6.07) is 24.2. The van der Waals surface area contributed by atoms with Gasteiger partial charge in [0.05, 0.1) is 0 Å². The van der Waals surface area contributed by atoms with Crippen LogP contribution in [0.15, 0.2) is 66.7 Å². The van der Waals surface area contributed by atoms with E-state index in [0.29, 0.717) is 0 Å². The van der Waals surface area contributed by atoms with Crippen molar-refractivity contribution >= 4 is 17.3 Å². The third-order valence-corrected chi connectivity index (χ3v) is 5.01. The fourth-order valence-corrected chi connectivity index (χ4v) is 3.84. The van der Waals surface area contributed by atoms with Crippen LogP contribution in [0.25, 0.3) is 22.8 Å². The van der Waals surface area contributed by atoms with E-state index in [1.165, 1.54) is 44.6 Å². The van der Waals surface area contributed by atoms with Crippen molar-refractivity contribution < 1.29 is 0 Å². The number of allylic oxidation sites excluding steroid dienone is 1. The molecular formula is C26H27N. The van der Waals surface area contributed by atoms with E-state index in [-0.39, 0.29) is 5.54 Å². The highest BCUT2D eigenvalue weighted by atomic mass is 15.0. The smallest absolute Gasteiger partial charge is 0.0424 e. The molecule has 1 N–H and O–H groups in total. The molecule has 1 aliphatic rings. The van der Waals surface area contributed by atoms with Crippen LogP contribution in [-0.2, 0) is 6.42 Å². The van der Waals surface area contributed by atoms with Crippen molar-refractivity contribution in [3.63, 3.8) is 0 Å². The number of rotatable bonds is 3. The van der Waals surface area contributed by atoms with Gasteiger partial charge in [0.1, 0.15) is 0 Å². The SMILES string of the molecule is Cc1ccc(NC(C)(C)C)c(-c2ccccc2C2=Cc3ccccc3C2)c1. The molecule has 0 atom stereocenters. The molecule has 1 aliphatic carbocycles. The predicted molar refractivity (Wildman–Crippen MR) is 118 cm³/mol. The second-order valence-corrected chi connectivity index (χ2v) is 8.51. The lowest BCUT2D eigenvalue weighted by molar-refractivity contribution is 0.634. The number of fused-ring (bicyclic) bond motifs is 1. The van der Waals surface area contributed by atoms with Crippen molar-refractivity contribution in [2.45, 2.75) is 39.7 Å². The summed E-state index contributed by atoms with van der Waals surface area (Å²) in [6.07, 6.45) is 3.35. The van der Waals surface area contributed by atoms with Gasteiger partial charge < -0.3 is 5.32 Å². The molecule has 0 aromatic heterocycles. The van der Waals surface area contributed by atoms with Crippen molar-refractivity contribution in [3.05, 3.63) is 89.0 Å². The van der Waals surface area contributed by atoms with Crippen LogP contribution in [0.5, 0.6) is 0 Å². The van der Waals surface area contributed by atoms with E-state index < -0.39 is 0 Å². The fourth-order valence-electron chi connectivity index (χ4n) is 3.84. The molecule has 136 valence electrons. The second-order valence-electron chi connectivity index (χ2n) is 8.51. The summed E-state index contributed by atoms with van der Waals surface area (Å²) in [5, 5.41) is 3.69. The summed E-state index contributed by atoms with van der Waals surface area (Å²) < 4.78 is 0. The molecule has 0 saturated carbocycles. The molecular weight excluding hydrogens is 326 g/mol. The molecule has 0 heterocycles. The Hall–Kier alpha value is -2.80. The molecule has 3 aromatic rings. The fraction of sp³-hybridized carbons (Fsp3) is 0.231. The van der Waals surface area contributed by atoms with E-state index in [1.54, 1.807) is 0 Å². The number of aryl methyl sites for hydroxylation is 1. The topological polar surface area (TPSA) is 12.0 Å². The molecule has 27 heavy (non-hydrogen) atoms. The molecule has 0 saturated heterocycles. The Bertz CT molecular complexity index is 1020. The monoisotopic (exact) mass is 353 g/mol. The number of hydrogen-bond acceptors (Lipinski definition) is 1. The summed E-state index contributed by atoms with van der Waals surface area (Å²) in [4.78, 5) is 0. The molecule has 1 nitrogen and oxygen atoms in total. The van der Waals surface area contributed by atoms with Gasteiger partial charge in [-0.25, -0.2) is 0 Å².